The fraction of sp³-hybridized carbons (Fsp3) is 0.273. The van der Waals surface area contributed by atoms with Crippen LogP contribution in [0.3, 0.4) is 0 Å². The van der Waals surface area contributed by atoms with Gasteiger partial charge in [0.15, 0.2) is 0 Å². The average molecular weight is 365 g/mol. The number of sulfonamides is 1. The van der Waals surface area contributed by atoms with Crippen molar-refractivity contribution >= 4 is 10.0 Å². The molecule has 0 unspecified atom stereocenters. The molecule has 0 radical (unpaired) electrons. The molecular formula is C22H23NO2S. The van der Waals surface area contributed by atoms with Gasteiger partial charge in [-0.3, -0.25) is 0 Å². The first-order valence-electron chi connectivity index (χ1n) is 8.84. The van der Waals surface area contributed by atoms with Gasteiger partial charge in [-0.2, -0.15) is 4.31 Å². The van der Waals surface area contributed by atoms with Gasteiger partial charge in [0.25, 0.3) is 0 Å². The molecule has 0 aliphatic carbocycles. The fourth-order valence-electron chi connectivity index (χ4n) is 3.13. The first-order valence-corrected chi connectivity index (χ1v) is 10.3. The first kappa shape index (κ1) is 18.4. The lowest BCUT2D eigenvalue weighted by atomic mass is 9.90. The van der Waals surface area contributed by atoms with Crippen molar-refractivity contribution in [3.8, 4) is 11.8 Å². The highest BCUT2D eigenvalue weighted by atomic mass is 32.2. The van der Waals surface area contributed by atoms with E-state index in [2.05, 4.69) is 43.0 Å². The van der Waals surface area contributed by atoms with E-state index in [1.54, 1.807) is 4.31 Å². The summed E-state index contributed by atoms with van der Waals surface area (Å²) in [4.78, 5) is 0. The molecular weight excluding hydrogens is 342 g/mol. The molecule has 3 rings (SSSR count). The number of hydrogen-bond donors (Lipinski definition) is 0. The SMILES string of the molecule is Cc1ccc(C2CCN(S(=O)(=O)/C=C/C#Cc3ccccc3)CC2)cc1. The number of benzene rings is 2. The quantitative estimate of drug-likeness (QED) is 0.769. The molecule has 1 heterocycles. The lowest BCUT2D eigenvalue weighted by molar-refractivity contribution is 0.322. The van der Waals surface area contributed by atoms with Crippen molar-refractivity contribution in [3.63, 3.8) is 0 Å². The van der Waals surface area contributed by atoms with Crippen LogP contribution < -0.4 is 0 Å². The lowest BCUT2D eigenvalue weighted by Crippen LogP contribution is -2.36. The molecule has 0 aromatic heterocycles. The molecule has 0 spiro atoms. The molecule has 2 aromatic rings. The number of hydrogen-bond acceptors (Lipinski definition) is 2. The van der Waals surface area contributed by atoms with Crippen LogP contribution >= 0.6 is 0 Å². The molecule has 0 bridgehead atoms. The van der Waals surface area contributed by atoms with Gasteiger partial charge in [-0.05, 0) is 43.4 Å². The molecule has 0 atom stereocenters. The third kappa shape index (κ3) is 4.85. The van der Waals surface area contributed by atoms with Gasteiger partial charge in [-0.15, -0.1) is 0 Å². The number of nitrogens with zero attached hydrogens (tertiary/aromatic N) is 1. The van der Waals surface area contributed by atoms with Crippen molar-refractivity contribution in [1.82, 2.24) is 4.31 Å². The summed E-state index contributed by atoms with van der Waals surface area (Å²) < 4.78 is 26.5. The van der Waals surface area contributed by atoms with Crippen LogP contribution in [-0.4, -0.2) is 25.8 Å². The van der Waals surface area contributed by atoms with Crippen LogP contribution in [0.1, 0.15) is 35.4 Å². The monoisotopic (exact) mass is 365 g/mol. The Morgan fingerprint density at radius 3 is 2.31 bits per heavy atom. The van der Waals surface area contributed by atoms with Gasteiger partial charge in [0.1, 0.15) is 0 Å². The second-order valence-electron chi connectivity index (χ2n) is 6.57. The second-order valence-corrected chi connectivity index (χ2v) is 8.39. The summed E-state index contributed by atoms with van der Waals surface area (Å²) in [7, 11) is -3.40. The Balaban J connectivity index is 1.58. The molecule has 0 saturated carbocycles. The van der Waals surface area contributed by atoms with Gasteiger partial charge >= 0.3 is 0 Å². The topological polar surface area (TPSA) is 37.4 Å². The van der Waals surface area contributed by atoms with E-state index in [4.69, 9.17) is 0 Å². The zero-order valence-corrected chi connectivity index (χ0v) is 15.7. The molecule has 134 valence electrons. The lowest BCUT2D eigenvalue weighted by Gasteiger charge is -2.30. The Bertz CT molecular complexity index is 912. The summed E-state index contributed by atoms with van der Waals surface area (Å²) in [6.45, 7) is 3.18. The minimum Gasteiger partial charge on any atom is -0.207 e. The number of rotatable bonds is 3. The van der Waals surface area contributed by atoms with Crippen molar-refractivity contribution in [2.45, 2.75) is 25.7 Å². The van der Waals surface area contributed by atoms with E-state index >= 15 is 0 Å². The summed E-state index contributed by atoms with van der Waals surface area (Å²) in [5.74, 6) is 6.17. The molecule has 1 fully saturated rings. The Labute approximate surface area is 156 Å². The summed E-state index contributed by atoms with van der Waals surface area (Å²) in [6.07, 6.45) is 3.13. The predicted molar refractivity (Wildman–Crippen MR) is 106 cm³/mol. The van der Waals surface area contributed by atoms with Crippen LogP contribution in [0.2, 0.25) is 0 Å². The van der Waals surface area contributed by atoms with Crippen LogP contribution in [0.4, 0.5) is 0 Å². The van der Waals surface area contributed by atoms with E-state index in [1.165, 1.54) is 22.6 Å². The zero-order valence-electron chi connectivity index (χ0n) is 14.9. The van der Waals surface area contributed by atoms with Crippen LogP contribution in [-0.2, 0) is 10.0 Å². The Kier molecular flexibility index (Phi) is 5.92. The normalized spacial score (nSPS) is 16.3. The first-order chi connectivity index (χ1) is 12.5. The smallest absolute Gasteiger partial charge is 0.207 e. The van der Waals surface area contributed by atoms with E-state index < -0.39 is 10.0 Å². The highest BCUT2D eigenvalue weighted by Gasteiger charge is 2.26. The predicted octanol–water partition coefficient (Wildman–Crippen LogP) is 4.07. The van der Waals surface area contributed by atoms with Gasteiger partial charge in [0.2, 0.25) is 10.0 Å². The van der Waals surface area contributed by atoms with E-state index in [1.807, 2.05) is 30.3 Å². The van der Waals surface area contributed by atoms with Gasteiger partial charge in [0, 0.05) is 24.7 Å². The summed E-state index contributed by atoms with van der Waals surface area (Å²) in [5, 5.41) is 1.22. The van der Waals surface area contributed by atoms with E-state index in [0.29, 0.717) is 19.0 Å². The third-order valence-electron chi connectivity index (χ3n) is 4.68. The third-order valence-corrected chi connectivity index (χ3v) is 6.24. The molecule has 1 aliphatic heterocycles. The molecule has 26 heavy (non-hydrogen) atoms. The Morgan fingerprint density at radius 1 is 1.00 bits per heavy atom. The van der Waals surface area contributed by atoms with Crippen molar-refractivity contribution in [2.75, 3.05) is 13.1 Å². The number of piperidine rings is 1. The summed E-state index contributed by atoms with van der Waals surface area (Å²) in [6, 6.07) is 18.1. The van der Waals surface area contributed by atoms with Crippen LogP contribution in [0.15, 0.2) is 66.1 Å². The van der Waals surface area contributed by atoms with Crippen LogP contribution in [0.25, 0.3) is 0 Å². The average Bonchev–Trinajstić information content (AvgIpc) is 2.67. The minimum absolute atomic E-state index is 0.434. The minimum atomic E-state index is -3.40. The van der Waals surface area contributed by atoms with Gasteiger partial charge in [0.05, 0.1) is 5.41 Å². The molecule has 1 aliphatic rings. The van der Waals surface area contributed by atoms with Gasteiger partial charge < -0.3 is 0 Å². The standard InChI is InChI=1S/C22H23NO2S/c1-19-10-12-21(13-11-19)22-14-16-23(17-15-22)26(24,25)18-6-5-9-20-7-3-2-4-8-20/h2-4,6-8,10-13,18,22H,14-17H2,1H3/b18-6+. The summed E-state index contributed by atoms with van der Waals surface area (Å²) >= 11 is 0. The van der Waals surface area contributed by atoms with E-state index in [0.717, 1.165) is 18.4 Å². The highest BCUT2D eigenvalue weighted by Crippen LogP contribution is 2.29. The van der Waals surface area contributed by atoms with Crippen molar-refractivity contribution in [3.05, 3.63) is 82.8 Å². The highest BCUT2D eigenvalue weighted by molar-refractivity contribution is 7.92. The number of allylic oxidation sites excluding steroid dienone is 1. The van der Waals surface area contributed by atoms with Crippen LogP contribution in [0.5, 0.6) is 0 Å². The molecule has 3 nitrogen and oxygen atoms in total. The van der Waals surface area contributed by atoms with Crippen molar-refractivity contribution < 1.29 is 8.42 Å². The Hall–Kier alpha value is -2.35. The molecule has 0 N–H and O–H groups in total. The van der Waals surface area contributed by atoms with E-state index in [-0.39, 0.29) is 0 Å². The molecule has 2 aromatic carbocycles. The zero-order chi connectivity index (χ0) is 18.4. The second kappa shape index (κ2) is 8.35. The maximum Gasteiger partial charge on any atom is 0.236 e. The van der Waals surface area contributed by atoms with Gasteiger partial charge in [-0.1, -0.05) is 59.9 Å². The van der Waals surface area contributed by atoms with Crippen molar-refractivity contribution in [2.24, 2.45) is 0 Å². The molecule has 4 heteroatoms. The Morgan fingerprint density at radius 2 is 1.65 bits per heavy atom. The maximum absolute atomic E-state index is 12.5. The number of aryl methyl sites for hydroxylation is 1. The van der Waals surface area contributed by atoms with Gasteiger partial charge in [-0.25, -0.2) is 8.42 Å². The fourth-order valence-corrected chi connectivity index (χ4v) is 4.27. The summed E-state index contributed by atoms with van der Waals surface area (Å²) in [5.41, 5.74) is 3.42. The van der Waals surface area contributed by atoms with Crippen molar-refractivity contribution in [1.29, 1.82) is 0 Å². The molecule has 1 saturated heterocycles. The van der Waals surface area contributed by atoms with Crippen LogP contribution in [0, 0.1) is 18.8 Å². The molecule has 0 amide bonds. The maximum atomic E-state index is 12.5. The van der Waals surface area contributed by atoms with E-state index in [9.17, 15) is 8.42 Å². The largest absolute Gasteiger partial charge is 0.236 e.